The molecule has 5 heteroatoms. The van der Waals surface area contributed by atoms with Crippen molar-refractivity contribution in [3.63, 3.8) is 0 Å². The van der Waals surface area contributed by atoms with Gasteiger partial charge in [-0.1, -0.05) is 60.1 Å². The van der Waals surface area contributed by atoms with E-state index in [1.165, 1.54) is 22.3 Å². The van der Waals surface area contributed by atoms with E-state index in [2.05, 4.69) is 46.6 Å². The molecule has 3 aromatic carbocycles. The van der Waals surface area contributed by atoms with Crippen molar-refractivity contribution in [2.24, 2.45) is 0 Å². The highest BCUT2D eigenvalue weighted by molar-refractivity contribution is 7.98. The lowest BCUT2D eigenvalue weighted by atomic mass is 9.99. The standard InChI is InChI=1S/C26H27ClN2OS/c27-25-11-7-21(8-12-25)19-31-16-14-28-26(30)23-9-5-20(6-10-23)17-29-15-13-22-3-1-2-4-24(22)18-29/h1-12H,13-19H2,(H,28,30). The Morgan fingerprint density at radius 2 is 1.65 bits per heavy atom. The number of amides is 1. The Labute approximate surface area is 193 Å². The van der Waals surface area contributed by atoms with Gasteiger partial charge in [-0.15, -0.1) is 0 Å². The normalized spacial score (nSPS) is 13.6. The number of hydrogen-bond donors (Lipinski definition) is 1. The molecule has 0 fully saturated rings. The lowest BCUT2D eigenvalue weighted by molar-refractivity contribution is 0.0956. The maximum absolute atomic E-state index is 12.4. The van der Waals surface area contributed by atoms with Crippen LogP contribution in [0, 0.1) is 0 Å². The van der Waals surface area contributed by atoms with E-state index in [1.54, 1.807) is 11.8 Å². The smallest absolute Gasteiger partial charge is 0.251 e. The fraction of sp³-hybridized carbons (Fsp3) is 0.269. The second-order valence-corrected chi connectivity index (χ2v) is 9.40. The van der Waals surface area contributed by atoms with Crippen molar-refractivity contribution < 1.29 is 4.79 Å². The number of nitrogens with zero attached hydrogens (tertiary/aromatic N) is 1. The van der Waals surface area contributed by atoms with E-state index in [9.17, 15) is 4.79 Å². The molecule has 160 valence electrons. The minimum absolute atomic E-state index is 0.00876. The quantitative estimate of drug-likeness (QED) is 0.456. The highest BCUT2D eigenvalue weighted by Gasteiger charge is 2.15. The molecule has 1 aliphatic heterocycles. The van der Waals surface area contributed by atoms with Gasteiger partial charge in [0, 0.05) is 48.3 Å². The van der Waals surface area contributed by atoms with Crippen molar-refractivity contribution >= 4 is 29.3 Å². The summed E-state index contributed by atoms with van der Waals surface area (Å²) < 4.78 is 0. The first-order valence-electron chi connectivity index (χ1n) is 10.7. The third-order valence-electron chi connectivity index (χ3n) is 5.55. The van der Waals surface area contributed by atoms with Crippen molar-refractivity contribution in [3.05, 3.63) is 106 Å². The monoisotopic (exact) mass is 450 g/mol. The Bertz CT molecular complexity index is 1000. The third-order valence-corrected chi connectivity index (χ3v) is 6.83. The van der Waals surface area contributed by atoms with Crippen LogP contribution in [0.25, 0.3) is 0 Å². The lowest BCUT2D eigenvalue weighted by Crippen LogP contribution is -2.30. The minimum atomic E-state index is -0.00876. The lowest BCUT2D eigenvalue weighted by Gasteiger charge is -2.28. The van der Waals surface area contributed by atoms with Crippen LogP contribution < -0.4 is 5.32 Å². The van der Waals surface area contributed by atoms with Crippen LogP contribution >= 0.6 is 23.4 Å². The molecule has 0 unspecified atom stereocenters. The Morgan fingerprint density at radius 1 is 0.935 bits per heavy atom. The largest absolute Gasteiger partial charge is 0.351 e. The molecule has 3 nitrogen and oxygen atoms in total. The molecule has 0 aliphatic carbocycles. The minimum Gasteiger partial charge on any atom is -0.351 e. The van der Waals surface area contributed by atoms with Gasteiger partial charge in [0.1, 0.15) is 0 Å². The molecule has 0 radical (unpaired) electrons. The molecule has 1 heterocycles. The Hall–Kier alpha value is -2.27. The van der Waals surface area contributed by atoms with Crippen LogP contribution in [0.2, 0.25) is 5.02 Å². The van der Waals surface area contributed by atoms with E-state index in [0.29, 0.717) is 6.54 Å². The third kappa shape index (κ3) is 6.36. The van der Waals surface area contributed by atoms with Crippen molar-refractivity contribution in [2.45, 2.75) is 25.3 Å². The maximum Gasteiger partial charge on any atom is 0.251 e. The summed E-state index contributed by atoms with van der Waals surface area (Å²) in [5.74, 6) is 1.79. The number of carbonyl (C=O) groups is 1. The van der Waals surface area contributed by atoms with Crippen LogP contribution in [0.15, 0.2) is 72.8 Å². The van der Waals surface area contributed by atoms with E-state index >= 15 is 0 Å². The van der Waals surface area contributed by atoms with Gasteiger partial charge in [-0.25, -0.2) is 0 Å². The molecule has 0 aromatic heterocycles. The average Bonchev–Trinajstić information content (AvgIpc) is 2.80. The summed E-state index contributed by atoms with van der Waals surface area (Å²) >= 11 is 7.71. The van der Waals surface area contributed by atoms with Gasteiger partial charge in [0.25, 0.3) is 5.91 Å². The van der Waals surface area contributed by atoms with Crippen LogP contribution in [-0.2, 0) is 25.3 Å². The predicted octanol–water partition coefficient (Wildman–Crippen LogP) is 5.56. The van der Waals surface area contributed by atoms with Crippen LogP contribution in [0.3, 0.4) is 0 Å². The summed E-state index contributed by atoms with van der Waals surface area (Å²) in [6, 6.07) is 24.6. The zero-order valence-electron chi connectivity index (χ0n) is 17.5. The predicted molar refractivity (Wildman–Crippen MR) is 131 cm³/mol. The van der Waals surface area contributed by atoms with Gasteiger partial charge in [0.2, 0.25) is 0 Å². The summed E-state index contributed by atoms with van der Waals surface area (Å²) in [6.07, 6.45) is 1.10. The molecule has 3 aromatic rings. The Morgan fingerprint density at radius 3 is 2.42 bits per heavy atom. The molecule has 0 spiro atoms. The zero-order valence-corrected chi connectivity index (χ0v) is 19.1. The molecule has 31 heavy (non-hydrogen) atoms. The summed E-state index contributed by atoms with van der Waals surface area (Å²) in [5, 5.41) is 3.77. The first-order valence-corrected chi connectivity index (χ1v) is 12.2. The van der Waals surface area contributed by atoms with Gasteiger partial charge < -0.3 is 5.32 Å². The van der Waals surface area contributed by atoms with E-state index < -0.39 is 0 Å². The highest BCUT2D eigenvalue weighted by Crippen LogP contribution is 2.20. The highest BCUT2D eigenvalue weighted by atomic mass is 35.5. The van der Waals surface area contributed by atoms with Gasteiger partial charge >= 0.3 is 0 Å². The fourth-order valence-electron chi connectivity index (χ4n) is 3.82. The molecule has 1 N–H and O–H groups in total. The van der Waals surface area contributed by atoms with Crippen molar-refractivity contribution in [3.8, 4) is 0 Å². The maximum atomic E-state index is 12.4. The number of rotatable bonds is 8. The average molecular weight is 451 g/mol. The van der Waals surface area contributed by atoms with Gasteiger partial charge in [-0.3, -0.25) is 9.69 Å². The summed E-state index contributed by atoms with van der Waals surface area (Å²) in [5.41, 5.74) is 6.11. The van der Waals surface area contributed by atoms with Crippen molar-refractivity contribution in [2.75, 3.05) is 18.8 Å². The number of fused-ring (bicyclic) bond motifs is 1. The fourth-order valence-corrected chi connectivity index (χ4v) is 4.76. The SMILES string of the molecule is O=C(NCCSCc1ccc(Cl)cc1)c1ccc(CN2CCc3ccccc3C2)cc1. The number of hydrogen-bond acceptors (Lipinski definition) is 3. The van der Waals surface area contributed by atoms with Gasteiger partial charge in [0.15, 0.2) is 0 Å². The number of halogens is 1. The summed E-state index contributed by atoms with van der Waals surface area (Å²) in [7, 11) is 0. The molecule has 0 saturated carbocycles. The molecule has 0 bridgehead atoms. The second kappa shape index (κ2) is 10.9. The van der Waals surface area contributed by atoms with Crippen LogP contribution in [0.5, 0.6) is 0 Å². The molecule has 0 atom stereocenters. The molecule has 0 saturated heterocycles. The van der Waals surface area contributed by atoms with Crippen molar-refractivity contribution in [1.29, 1.82) is 0 Å². The molecule has 1 amide bonds. The molecular weight excluding hydrogens is 424 g/mol. The van der Waals surface area contributed by atoms with E-state index in [1.807, 2.05) is 36.4 Å². The molecular formula is C26H27ClN2OS. The van der Waals surface area contributed by atoms with Crippen molar-refractivity contribution in [1.82, 2.24) is 10.2 Å². The van der Waals surface area contributed by atoms with E-state index in [0.717, 1.165) is 48.1 Å². The zero-order chi connectivity index (χ0) is 21.5. The van der Waals surface area contributed by atoms with Crippen LogP contribution in [0.1, 0.15) is 32.6 Å². The van der Waals surface area contributed by atoms with E-state index in [4.69, 9.17) is 11.6 Å². The topological polar surface area (TPSA) is 32.3 Å². The second-order valence-electron chi connectivity index (χ2n) is 7.86. The first-order chi connectivity index (χ1) is 15.2. The number of carbonyl (C=O) groups excluding carboxylic acids is 1. The Kier molecular flexibility index (Phi) is 7.68. The molecule has 4 rings (SSSR count). The molecule has 1 aliphatic rings. The van der Waals surface area contributed by atoms with E-state index in [-0.39, 0.29) is 5.91 Å². The summed E-state index contributed by atoms with van der Waals surface area (Å²) in [4.78, 5) is 14.9. The summed E-state index contributed by atoms with van der Waals surface area (Å²) in [6.45, 7) is 3.64. The number of benzene rings is 3. The number of nitrogens with one attached hydrogen (secondary N) is 1. The number of thioether (sulfide) groups is 1. The van der Waals surface area contributed by atoms with Gasteiger partial charge in [-0.05, 0) is 52.9 Å². The van der Waals surface area contributed by atoms with Crippen LogP contribution in [0.4, 0.5) is 0 Å². The van der Waals surface area contributed by atoms with Gasteiger partial charge in [-0.2, -0.15) is 11.8 Å². The van der Waals surface area contributed by atoms with Gasteiger partial charge in [0.05, 0.1) is 0 Å². The van der Waals surface area contributed by atoms with Crippen LogP contribution in [-0.4, -0.2) is 29.6 Å². The first kappa shape index (κ1) is 21.9. The Balaban J connectivity index is 1.19.